The van der Waals surface area contributed by atoms with Crippen molar-refractivity contribution in [2.75, 3.05) is 13.6 Å². The highest BCUT2D eigenvalue weighted by molar-refractivity contribution is 5.19. The maximum atomic E-state index is 13.2. The molecular formula is C14H23FN2. The van der Waals surface area contributed by atoms with Crippen molar-refractivity contribution in [1.29, 1.82) is 0 Å². The van der Waals surface area contributed by atoms with Crippen molar-refractivity contribution in [1.82, 2.24) is 4.90 Å². The SMILES string of the molecule is CC(C)N(C)C(C)(CN)Cc1cccc(F)c1. The molecular weight excluding hydrogens is 215 g/mol. The number of nitrogens with two attached hydrogens (primary N) is 1. The first-order valence-electron chi connectivity index (χ1n) is 6.06. The minimum Gasteiger partial charge on any atom is -0.329 e. The Bertz CT molecular complexity index is 365. The van der Waals surface area contributed by atoms with E-state index < -0.39 is 0 Å². The number of nitrogens with zero attached hydrogens (tertiary/aromatic N) is 1. The van der Waals surface area contributed by atoms with Crippen LogP contribution in [-0.2, 0) is 6.42 Å². The van der Waals surface area contributed by atoms with E-state index in [1.807, 2.05) is 6.07 Å². The van der Waals surface area contributed by atoms with Crippen LogP contribution in [0.25, 0.3) is 0 Å². The highest BCUT2D eigenvalue weighted by atomic mass is 19.1. The monoisotopic (exact) mass is 238 g/mol. The molecule has 0 spiro atoms. The lowest BCUT2D eigenvalue weighted by Crippen LogP contribution is -2.54. The van der Waals surface area contributed by atoms with Crippen LogP contribution in [0, 0.1) is 5.82 Å². The van der Waals surface area contributed by atoms with Gasteiger partial charge in [-0.05, 0) is 51.9 Å². The van der Waals surface area contributed by atoms with E-state index >= 15 is 0 Å². The van der Waals surface area contributed by atoms with Gasteiger partial charge in [-0.15, -0.1) is 0 Å². The summed E-state index contributed by atoms with van der Waals surface area (Å²) in [6, 6.07) is 7.16. The first-order chi connectivity index (χ1) is 7.89. The van der Waals surface area contributed by atoms with Crippen LogP contribution in [0.1, 0.15) is 26.3 Å². The zero-order valence-electron chi connectivity index (χ0n) is 11.2. The second-order valence-electron chi connectivity index (χ2n) is 5.21. The van der Waals surface area contributed by atoms with E-state index in [0.717, 1.165) is 12.0 Å². The first-order valence-corrected chi connectivity index (χ1v) is 6.06. The lowest BCUT2D eigenvalue weighted by atomic mass is 9.90. The van der Waals surface area contributed by atoms with Crippen LogP contribution in [-0.4, -0.2) is 30.1 Å². The van der Waals surface area contributed by atoms with Crippen LogP contribution in [0.2, 0.25) is 0 Å². The van der Waals surface area contributed by atoms with Gasteiger partial charge in [0.15, 0.2) is 0 Å². The normalized spacial score (nSPS) is 15.3. The van der Waals surface area contributed by atoms with E-state index in [2.05, 4.69) is 32.7 Å². The van der Waals surface area contributed by atoms with E-state index in [9.17, 15) is 4.39 Å². The van der Waals surface area contributed by atoms with Gasteiger partial charge in [-0.1, -0.05) is 12.1 Å². The molecule has 0 amide bonds. The minimum atomic E-state index is -0.186. The van der Waals surface area contributed by atoms with E-state index in [0.29, 0.717) is 12.6 Å². The molecule has 96 valence electrons. The smallest absolute Gasteiger partial charge is 0.123 e. The third-order valence-electron chi connectivity index (χ3n) is 3.54. The van der Waals surface area contributed by atoms with Crippen molar-refractivity contribution in [2.45, 2.75) is 38.8 Å². The molecule has 1 aromatic carbocycles. The predicted molar refractivity (Wildman–Crippen MR) is 70.5 cm³/mol. The number of rotatable bonds is 5. The summed E-state index contributed by atoms with van der Waals surface area (Å²) < 4.78 is 13.2. The van der Waals surface area contributed by atoms with Gasteiger partial charge in [-0.3, -0.25) is 4.90 Å². The highest BCUT2D eigenvalue weighted by Crippen LogP contribution is 2.21. The molecule has 2 nitrogen and oxygen atoms in total. The molecule has 1 aromatic rings. The lowest BCUT2D eigenvalue weighted by Gasteiger charge is -2.41. The standard InChI is InChI=1S/C14H23FN2/c1-11(2)17(4)14(3,10-16)9-12-6-5-7-13(15)8-12/h5-8,11H,9-10,16H2,1-4H3. The molecule has 2 N–H and O–H groups in total. The molecule has 0 aliphatic rings. The summed E-state index contributed by atoms with van der Waals surface area (Å²) >= 11 is 0. The fourth-order valence-corrected chi connectivity index (χ4v) is 2.05. The first kappa shape index (κ1) is 14.1. The van der Waals surface area contributed by atoms with Crippen molar-refractivity contribution in [2.24, 2.45) is 5.73 Å². The van der Waals surface area contributed by atoms with Crippen LogP contribution in [0.15, 0.2) is 24.3 Å². The zero-order chi connectivity index (χ0) is 13.1. The molecule has 1 atom stereocenters. The summed E-state index contributed by atoms with van der Waals surface area (Å²) in [6.07, 6.45) is 0.760. The second kappa shape index (κ2) is 5.61. The van der Waals surface area contributed by atoms with Gasteiger partial charge in [-0.25, -0.2) is 4.39 Å². The lowest BCUT2D eigenvalue weighted by molar-refractivity contribution is 0.109. The van der Waals surface area contributed by atoms with Crippen molar-refractivity contribution >= 4 is 0 Å². The molecule has 0 aromatic heterocycles. The molecule has 1 unspecified atom stereocenters. The van der Waals surface area contributed by atoms with Gasteiger partial charge in [0.05, 0.1) is 0 Å². The zero-order valence-corrected chi connectivity index (χ0v) is 11.2. The molecule has 0 bridgehead atoms. The number of benzene rings is 1. The van der Waals surface area contributed by atoms with Gasteiger partial charge in [-0.2, -0.15) is 0 Å². The second-order valence-corrected chi connectivity index (χ2v) is 5.21. The molecule has 0 saturated heterocycles. The Morgan fingerprint density at radius 3 is 2.53 bits per heavy atom. The van der Waals surface area contributed by atoms with Gasteiger partial charge in [0, 0.05) is 18.1 Å². The molecule has 3 heteroatoms. The number of halogens is 1. The summed E-state index contributed by atoms with van der Waals surface area (Å²) in [7, 11) is 2.07. The topological polar surface area (TPSA) is 29.3 Å². The van der Waals surface area contributed by atoms with Crippen molar-refractivity contribution in [3.05, 3.63) is 35.6 Å². The third-order valence-corrected chi connectivity index (χ3v) is 3.54. The molecule has 1 rings (SSSR count). The van der Waals surface area contributed by atoms with Crippen LogP contribution in [0.4, 0.5) is 4.39 Å². The summed E-state index contributed by atoms with van der Waals surface area (Å²) in [6.45, 7) is 6.95. The van der Waals surface area contributed by atoms with E-state index in [1.165, 1.54) is 6.07 Å². The maximum Gasteiger partial charge on any atom is 0.123 e. The summed E-state index contributed by atoms with van der Waals surface area (Å²) in [5.74, 6) is -0.186. The van der Waals surface area contributed by atoms with Crippen molar-refractivity contribution < 1.29 is 4.39 Å². The molecule has 17 heavy (non-hydrogen) atoms. The number of hydrogen-bond donors (Lipinski definition) is 1. The summed E-state index contributed by atoms with van der Waals surface area (Å²) in [5.41, 5.74) is 6.75. The molecule has 0 heterocycles. The fraction of sp³-hybridized carbons (Fsp3) is 0.571. The number of hydrogen-bond acceptors (Lipinski definition) is 2. The van der Waals surface area contributed by atoms with Crippen LogP contribution in [0.5, 0.6) is 0 Å². The Hall–Kier alpha value is -0.930. The van der Waals surface area contributed by atoms with Crippen LogP contribution in [0.3, 0.4) is 0 Å². The summed E-state index contributed by atoms with van der Waals surface area (Å²) in [5, 5.41) is 0. The van der Waals surface area contributed by atoms with Crippen molar-refractivity contribution in [3.63, 3.8) is 0 Å². The van der Waals surface area contributed by atoms with Gasteiger partial charge in [0.2, 0.25) is 0 Å². The Kier molecular flexibility index (Phi) is 4.66. The van der Waals surface area contributed by atoms with E-state index in [1.54, 1.807) is 12.1 Å². The van der Waals surface area contributed by atoms with E-state index in [-0.39, 0.29) is 11.4 Å². The third kappa shape index (κ3) is 3.51. The minimum absolute atomic E-state index is 0.137. The summed E-state index contributed by atoms with van der Waals surface area (Å²) in [4.78, 5) is 2.25. The van der Waals surface area contributed by atoms with Crippen molar-refractivity contribution in [3.8, 4) is 0 Å². The highest BCUT2D eigenvalue weighted by Gasteiger charge is 2.29. The molecule has 0 fully saturated rings. The molecule has 0 saturated carbocycles. The average molecular weight is 238 g/mol. The van der Waals surface area contributed by atoms with Crippen LogP contribution >= 0.6 is 0 Å². The Balaban J connectivity index is 2.89. The van der Waals surface area contributed by atoms with Gasteiger partial charge >= 0.3 is 0 Å². The Morgan fingerprint density at radius 2 is 2.06 bits per heavy atom. The van der Waals surface area contributed by atoms with Gasteiger partial charge in [0.1, 0.15) is 5.82 Å². The quantitative estimate of drug-likeness (QED) is 0.853. The molecule has 0 aliphatic carbocycles. The Morgan fingerprint density at radius 1 is 1.41 bits per heavy atom. The molecule has 0 radical (unpaired) electrons. The van der Waals surface area contributed by atoms with Crippen LogP contribution < -0.4 is 5.73 Å². The van der Waals surface area contributed by atoms with Gasteiger partial charge < -0.3 is 5.73 Å². The van der Waals surface area contributed by atoms with Gasteiger partial charge in [0.25, 0.3) is 0 Å². The maximum absolute atomic E-state index is 13.2. The molecule has 0 aliphatic heterocycles. The Labute approximate surface area is 104 Å². The van der Waals surface area contributed by atoms with E-state index in [4.69, 9.17) is 5.73 Å². The number of likely N-dealkylation sites (N-methyl/N-ethyl adjacent to an activating group) is 1. The predicted octanol–water partition coefficient (Wildman–Crippen LogP) is 2.43. The average Bonchev–Trinajstić information content (AvgIpc) is 2.27. The fourth-order valence-electron chi connectivity index (χ4n) is 2.05. The largest absolute Gasteiger partial charge is 0.329 e.